The van der Waals surface area contributed by atoms with Crippen LogP contribution in [0.3, 0.4) is 0 Å². The van der Waals surface area contributed by atoms with Gasteiger partial charge in [-0.05, 0) is 19.5 Å². The van der Waals surface area contributed by atoms with Crippen LogP contribution in [0, 0.1) is 10.1 Å². The maximum Gasteiger partial charge on any atom is 0.325 e. The molecule has 0 amide bonds. The van der Waals surface area contributed by atoms with Gasteiger partial charge in [0.15, 0.2) is 5.75 Å². The summed E-state index contributed by atoms with van der Waals surface area (Å²) in [5.74, 6) is -0.207. The smallest absolute Gasteiger partial charge is 0.325 e. The van der Waals surface area contributed by atoms with E-state index in [1.54, 1.807) is 19.1 Å². The number of nitrogens with one attached hydrogen (secondary N) is 1. The van der Waals surface area contributed by atoms with Crippen molar-refractivity contribution in [2.75, 3.05) is 20.3 Å². The van der Waals surface area contributed by atoms with Crippen molar-refractivity contribution in [3.8, 4) is 5.75 Å². The Balaban J connectivity index is 2.71. The summed E-state index contributed by atoms with van der Waals surface area (Å²) in [5, 5.41) is 13.9. The molecule has 116 valence electrons. The summed E-state index contributed by atoms with van der Waals surface area (Å²) in [4.78, 5) is 22.2. The maximum atomic E-state index is 11.8. The molecule has 1 aromatic carbocycles. The molecular formula is C14H20N2O5. The highest BCUT2D eigenvalue weighted by Crippen LogP contribution is 2.26. The zero-order chi connectivity index (χ0) is 15.9. The van der Waals surface area contributed by atoms with E-state index < -0.39 is 16.4 Å². The Hall–Kier alpha value is -2.15. The van der Waals surface area contributed by atoms with Gasteiger partial charge in [-0.3, -0.25) is 14.9 Å². The van der Waals surface area contributed by atoms with E-state index in [0.29, 0.717) is 13.0 Å². The average Bonchev–Trinajstić information content (AvgIpc) is 2.47. The summed E-state index contributed by atoms with van der Waals surface area (Å²) in [6.07, 6.45) is 0.333. The number of nitro benzene ring substituents is 1. The number of carbonyl (C=O) groups excluding carboxylic acids is 1. The second-order valence-corrected chi connectivity index (χ2v) is 4.68. The van der Waals surface area contributed by atoms with Crippen LogP contribution in [-0.4, -0.2) is 36.7 Å². The predicted octanol–water partition coefficient (Wildman–Crippen LogP) is 1.90. The van der Waals surface area contributed by atoms with E-state index in [1.807, 2.05) is 6.92 Å². The monoisotopic (exact) mass is 296 g/mol. The number of esters is 1. The van der Waals surface area contributed by atoms with Gasteiger partial charge in [-0.15, -0.1) is 0 Å². The number of para-hydroxylation sites is 2. The van der Waals surface area contributed by atoms with Crippen molar-refractivity contribution in [2.24, 2.45) is 0 Å². The lowest BCUT2D eigenvalue weighted by Gasteiger charge is -2.27. The molecule has 0 radical (unpaired) electrons. The van der Waals surface area contributed by atoms with Crippen molar-refractivity contribution < 1.29 is 19.2 Å². The van der Waals surface area contributed by atoms with Gasteiger partial charge in [-0.1, -0.05) is 19.1 Å². The number of nitro groups is 1. The van der Waals surface area contributed by atoms with Gasteiger partial charge in [0.2, 0.25) is 0 Å². The van der Waals surface area contributed by atoms with Gasteiger partial charge >= 0.3 is 11.7 Å². The van der Waals surface area contributed by atoms with Crippen LogP contribution < -0.4 is 10.1 Å². The molecule has 1 rings (SSSR count). The molecule has 0 saturated carbocycles. The van der Waals surface area contributed by atoms with E-state index in [1.165, 1.54) is 19.2 Å². The molecule has 0 spiro atoms. The molecule has 1 unspecified atom stereocenters. The number of benzene rings is 1. The van der Waals surface area contributed by atoms with Gasteiger partial charge in [-0.2, -0.15) is 0 Å². The van der Waals surface area contributed by atoms with E-state index in [9.17, 15) is 14.9 Å². The summed E-state index contributed by atoms with van der Waals surface area (Å²) in [5.41, 5.74) is -0.978. The van der Waals surface area contributed by atoms with Gasteiger partial charge in [-0.25, -0.2) is 0 Å². The molecule has 0 fully saturated rings. The maximum absolute atomic E-state index is 11.8. The topological polar surface area (TPSA) is 90.7 Å². The predicted molar refractivity (Wildman–Crippen MR) is 77.3 cm³/mol. The van der Waals surface area contributed by atoms with Crippen molar-refractivity contribution in [1.29, 1.82) is 0 Å². The largest absolute Gasteiger partial charge is 0.487 e. The Labute approximate surface area is 123 Å². The van der Waals surface area contributed by atoms with Gasteiger partial charge in [0.1, 0.15) is 5.54 Å². The molecule has 0 bridgehead atoms. The Bertz CT molecular complexity index is 506. The summed E-state index contributed by atoms with van der Waals surface area (Å²) in [7, 11) is 1.32. The van der Waals surface area contributed by atoms with Crippen molar-refractivity contribution in [2.45, 2.75) is 25.8 Å². The number of rotatable bonds is 8. The second-order valence-electron chi connectivity index (χ2n) is 4.68. The fourth-order valence-corrected chi connectivity index (χ4v) is 1.97. The zero-order valence-corrected chi connectivity index (χ0v) is 12.4. The van der Waals surface area contributed by atoms with Crippen LogP contribution in [0.5, 0.6) is 5.75 Å². The number of carbonyl (C=O) groups is 1. The van der Waals surface area contributed by atoms with Crippen LogP contribution in [0.15, 0.2) is 24.3 Å². The molecule has 0 heterocycles. The van der Waals surface area contributed by atoms with Gasteiger partial charge in [0.05, 0.1) is 18.6 Å². The third-order valence-electron chi connectivity index (χ3n) is 3.12. The van der Waals surface area contributed by atoms with E-state index in [0.717, 1.165) is 0 Å². The van der Waals surface area contributed by atoms with Gasteiger partial charge < -0.3 is 14.8 Å². The lowest BCUT2D eigenvalue weighted by molar-refractivity contribution is -0.385. The van der Waals surface area contributed by atoms with Crippen molar-refractivity contribution in [1.82, 2.24) is 5.32 Å². The molecule has 1 N–H and O–H groups in total. The summed E-state index contributed by atoms with van der Waals surface area (Å²) < 4.78 is 10.2. The first-order chi connectivity index (χ1) is 9.94. The third kappa shape index (κ3) is 4.42. The number of hydrogen-bond acceptors (Lipinski definition) is 6. The lowest BCUT2D eigenvalue weighted by atomic mass is 9.98. The Morgan fingerprint density at radius 2 is 2.10 bits per heavy atom. The minimum Gasteiger partial charge on any atom is -0.487 e. The first-order valence-corrected chi connectivity index (χ1v) is 6.64. The summed E-state index contributed by atoms with van der Waals surface area (Å²) >= 11 is 0. The van der Waals surface area contributed by atoms with Crippen molar-refractivity contribution in [3.63, 3.8) is 0 Å². The standard InChI is InChI=1S/C14H20N2O5/c1-4-15-14(2,13(17)20-3)9-10-21-12-8-6-5-7-11(12)16(18)19/h5-8,15H,4,9-10H2,1-3H3. The van der Waals surface area contributed by atoms with E-state index in [2.05, 4.69) is 5.32 Å². The molecule has 0 saturated heterocycles. The molecule has 0 aromatic heterocycles. The van der Waals surface area contributed by atoms with Gasteiger partial charge in [0, 0.05) is 12.5 Å². The Kier molecular flexibility index (Phi) is 6.10. The van der Waals surface area contributed by atoms with Gasteiger partial charge in [0.25, 0.3) is 0 Å². The number of likely N-dealkylation sites (N-methyl/N-ethyl adjacent to an activating group) is 1. The van der Waals surface area contributed by atoms with Crippen molar-refractivity contribution in [3.05, 3.63) is 34.4 Å². The molecule has 7 heteroatoms. The SMILES string of the molecule is CCNC(C)(CCOc1ccccc1[N+](=O)[O-])C(=O)OC. The molecule has 0 aliphatic heterocycles. The van der Waals surface area contributed by atoms with Crippen LogP contribution in [0.2, 0.25) is 0 Å². The van der Waals surface area contributed by atoms with Crippen LogP contribution >= 0.6 is 0 Å². The highest BCUT2D eigenvalue weighted by Gasteiger charge is 2.33. The van der Waals surface area contributed by atoms with Crippen molar-refractivity contribution >= 4 is 11.7 Å². The van der Waals surface area contributed by atoms with E-state index in [-0.39, 0.29) is 18.0 Å². The Morgan fingerprint density at radius 1 is 1.43 bits per heavy atom. The Morgan fingerprint density at radius 3 is 2.67 bits per heavy atom. The number of methoxy groups -OCH3 is 1. The first-order valence-electron chi connectivity index (χ1n) is 6.64. The summed E-state index contributed by atoms with van der Waals surface area (Å²) in [6, 6.07) is 6.13. The molecule has 21 heavy (non-hydrogen) atoms. The first kappa shape index (κ1) is 16.9. The van der Waals surface area contributed by atoms with Crippen LogP contribution in [-0.2, 0) is 9.53 Å². The van der Waals surface area contributed by atoms with E-state index in [4.69, 9.17) is 9.47 Å². The highest BCUT2D eigenvalue weighted by molar-refractivity contribution is 5.80. The molecule has 7 nitrogen and oxygen atoms in total. The van der Waals surface area contributed by atoms with Crippen LogP contribution in [0.4, 0.5) is 5.69 Å². The fourth-order valence-electron chi connectivity index (χ4n) is 1.97. The molecule has 1 atom stereocenters. The van der Waals surface area contributed by atoms with Crippen LogP contribution in [0.25, 0.3) is 0 Å². The molecule has 0 aliphatic rings. The molecule has 1 aromatic rings. The number of hydrogen-bond donors (Lipinski definition) is 1. The fraction of sp³-hybridized carbons (Fsp3) is 0.500. The quantitative estimate of drug-likeness (QED) is 0.447. The minimum absolute atomic E-state index is 0.0966. The minimum atomic E-state index is -0.882. The molecular weight excluding hydrogens is 276 g/mol. The summed E-state index contributed by atoms with van der Waals surface area (Å²) in [6.45, 7) is 4.34. The van der Waals surface area contributed by atoms with Crippen LogP contribution in [0.1, 0.15) is 20.3 Å². The highest BCUT2D eigenvalue weighted by atomic mass is 16.6. The number of ether oxygens (including phenoxy) is 2. The zero-order valence-electron chi connectivity index (χ0n) is 12.4. The normalized spacial score (nSPS) is 13.3. The molecule has 0 aliphatic carbocycles. The average molecular weight is 296 g/mol. The third-order valence-corrected chi connectivity index (χ3v) is 3.12. The second kappa shape index (κ2) is 7.58. The lowest BCUT2D eigenvalue weighted by Crippen LogP contribution is -2.51. The number of nitrogens with zero attached hydrogens (tertiary/aromatic N) is 1. The van der Waals surface area contributed by atoms with E-state index >= 15 is 0 Å².